The number of hydrogen-bond donors (Lipinski definition) is 3. The van der Waals surface area contributed by atoms with Crippen LogP contribution < -0.4 is 0 Å². The second kappa shape index (κ2) is 14.3. The number of aryl methyl sites for hydroxylation is 2. The lowest BCUT2D eigenvalue weighted by atomic mass is 9.84. The fraction of sp³-hybridized carbons (Fsp3) is 0.316. The van der Waals surface area contributed by atoms with Gasteiger partial charge in [0.1, 0.15) is 44.9 Å². The SMILES string of the molecule is CC(C)(C)c1cc(CCC(=O)Cl)cc(-n2nc3ccccc3n2)c1O.CC(C)(C)c1cc(CCC(=O)O)cc(-n2nc3ccccc3n2)c1O. The van der Waals surface area contributed by atoms with Gasteiger partial charge in [0.05, 0.1) is 0 Å². The van der Waals surface area contributed by atoms with Crippen LogP contribution in [0.25, 0.3) is 33.4 Å². The van der Waals surface area contributed by atoms with Gasteiger partial charge < -0.3 is 15.3 Å². The zero-order valence-corrected chi connectivity index (χ0v) is 29.7. The summed E-state index contributed by atoms with van der Waals surface area (Å²) in [5.74, 6) is -0.587. The number of fused-ring (bicyclic) bond motifs is 2. The highest BCUT2D eigenvalue weighted by molar-refractivity contribution is 6.63. The van der Waals surface area contributed by atoms with Crippen LogP contribution in [0.1, 0.15) is 76.6 Å². The number of carbonyl (C=O) groups is 2. The van der Waals surface area contributed by atoms with Gasteiger partial charge in [-0.05, 0) is 82.8 Å². The highest BCUT2D eigenvalue weighted by Crippen LogP contribution is 2.38. The zero-order valence-electron chi connectivity index (χ0n) is 29.0. The summed E-state index contributed by atoms with van der Waals surface area (Å²) in [6.45, 7) is 12.1. The van der Waals surface area contributed by atoms with Crippen LogP contribution in [0.15, 0.2) is 72.8 Å². The third kappa shape index (κ3) is 8.28. The van der Waals surface area contributed by atoms with E-state index in [-0.39, 0.29) is 40.4 Å². The summed E-state index contributed by atoms with van der Waals surface area (Å²) in [4.78, 5) is 24.9. The fourth-order valence-corrected chi connectivity index (χ4v) is 5.62. The molecule has 11 nitrogen and oxygen atoms in total. The van der Waals surface area contributed by atoms with Crippen molar-refractivity contribution in [3.8, 4) is 22.9 Å². The molecule has 0 aliphatic rings. The first-order chi connectivity index (χ1) is 23.5. The molecule has 0 spiro atoms. The Hall–Kier alpha value is -5.29. The van der Waals surface area contributed by atoms with Gasteiger partial charge in [-0.1, -0.05) is 77.9 Å². The molecule has 0 bridgehead atoms. The number of carboxylic acids is 1. The van der Waals surface area contributed by atoms with Gasteiger partial charge >= 0.3 is 5.97 Å². The van der Waals surface area contributed by atoms with Crippen molar-refractivity contribution >= 4 is 44.9 Å². The molecule has 2 heterocycles. The molecule has 2 aromatic heterocycles. The third-order valence-corrected chi connectivity index (χ3v) is 8.35. The molecule has 0 aliphatic heterocycles. The monoisotopic (exact) mass is 696 g/mol. The van der Waals surface area contributed by atoms with Crippen molar-refractivity contribution < 1.29 is 24.9 Å². The van der Waals surface area contributed by atoms with Crippen LogP contribution in [0.4, 0.5) is 0 Å². The van der Waals surface area contributed by atoms with E-state index in [1.165, 1.54) is 9.59 Å². The normalized spacial score (nSPS) is 11.8. The lowest BCUT2D eigenvalue weighted by molar-refractivity contribution is -0.137. The van der Waals surface area contributed by atoms with Gasteiger partial charge in [0, 0.05) is 24.0 Å². The molecule has 6 aromatic rings. The molecular formula is C38H41ClN6O5. The molecule has 3 N–H and O–H groups in total. The molecule has 0 unspecified atom stereocenters. The van der Waals surface area contributed by atoms with Crippen molar-refractivity contribution in [1.82, 2.24) is 30.0 Å². The summed E-state index contributed by atoms with van der Waals surface area (Å²) >= 11 is 5.48. The number of aromatic nitrogens is 6. The van der Waals surface area contributed by atoms with E-state index in [2.05, 4.69) is 20.4 Å². The van der Waals surface area contributed by atoms with Gasteiger partial charge in [0.15, 0.2) is 0 Å². The number of carboxylic acid groups (broad SMARTS) is 1. The van der Waals surface area contributed by atoms with Gasteiger partial charge in [0.25, 0.3) is 0 Å². The molecule has 6 rings (SSSR count). The van der Waals surface area contributed by atoms with Crippen LogP contribution in [0.2, 0.25) is 0 Å². The van der Waals surface area contributed by atoms with Gasteiger partial charge in [0.2, 0.25) is 5.24 Å². The Morgan fingerprint density at radius 2 is 0.960 bits per heavy atom. The Bertz CT molecular complexity index is 1970. The average Bonchev–Trinajstić information content (AvgIpc) is 3.67. The molecule has 0 fully saturated rings. The number of carbonyl (C=O) groups excluding carboxylic acids is 1. The second-order valence-corrected chi connectivity index (χ2v) is 14.6. The maximum Gasteiger partial charge on any atom is 0.303 e. The first-order valence-electron chi connectivity index (χ1n) is 16.3. The molecular weight excluding hydrogens is 656 g/mol. The minimum Gasteiger partial charge on any atom is -0.505 e. The highest BCUT2D eigenvalue weighted by Gasteiger charge is 2.25. The smallest absolute Gasteiger partial charge is 0.303 e. The van der Waals surface area contributed by atoms with Crippen molar-refractivity contribution in [3.05, 3.63) is 95.1 Å². The van der Waals surface area contributed by atoms with E-state index < -0.39 is 5.97 Å². The Kier molecular flexibility index (Phi) is 10.3. The Labute approximate surface area is 295 Å². The molecule has 0 atom stereocenters. The predicted octanol–water partition coefficient (Wildman–Crippen LogP) is 7.56. The lowest BCUT2D eigenvalue weighted by Gasteiger charge is -2.23. The zero-order chi connectivity index (χ0) is 36.4. The van der Waals surface area contributed by atoms with E-state index in [9.17, 15) is 19.8 Å². The molecule has 0 amide bonds. The van der Waals surface area contributed by atoms with Crippen LogP contribution >= 0.6 is 11.6 Å². The summed E-state index contributed by atoms with van der Waals surface area (Å²) in [7, 11) is 0. The van der Waals surface area contributed by atoms with Crippen LogP contribution in [-0.4, -0.2) is 56.5 Å². The molecule has 260 valence electrons. The van der Waals surface area contributed by atoms with Crippen molar-refractivity contribution in [2.75, 3.05) is 0 Å². The van der Waals surface area contributed by atoms with E-state index in [1.54, 1.807) is 6.07 Å². The summed E-state index contributed by atoms with van der Waals surface area (Å²) in [5.41, 5.74) is 6.62. The standard InChI is InChI=1S/C19H20ClN3O2.C19H21N3O3/c1-19(2,3)13-10-12(8-9-17(20)24)11-16(18(13)25)23-21-14-6-4-5-7-15(14)22-23;1-19(2,3)13-10-12(8-9-17(23)24)11-16(18(13)25)22-20-14-6-4-5-7-15(14)21-22/h4-7,10-11,25H,8-9H2,1-3H3;4-7,10-11,25H,8-9H2,1-3H3,(H,23,24). The second-order valence-electron chi connectivity index (χ2n) is 14.2. The van der Waals surface area contributed by atoms with Crippen molar-refractivity contribution in [2.24, 2.45) is 0 Å². The number of phenolic OH excluding ortho intramolecular Hbond substituents is 2. The minimum atomic E-state index is -0.852. The van der Waals surface area contributed by atoms with Crippen LogP contribution in [0.3, 0.4) is 0 Å². The van der Waals surface area contributed by atoms with Crippen molar-refractivity contribution in [3.63, 3.8) is 0 Å². The first-order valence-corrected chi connectivity index (χ1v) is 16.7. The quantitative estimate of drug-likeness (QED) is 0.137. The Morgan fingerprint density at radius 3 is 1.26 bits per heavy atom. The topological polar surface area (TPSA) is 156 Å². The van der Waals surface area contributed by atoms with Crippen LogP contribution in [0, 0.1) is 0 Å². The molecule has 0 radical (unpaired) electrons. The van der Waals surface area contributed by atoms with Crippen molar-refractivity contribution in [1.29, 1.82) is 0 Å². The number of benzene rings is 4. The largest absolute Gasteiger partial charge is 0.505 e. The maximum absolute atomic E-state index is 11.1. The number of halogens is 1. The number of hydrogen-bond acceptors (Lipinski definition) is 8. The molecule has 0 saturated heterocycles. The van der Waals surface area contributed by atoms with Gasteiger partial charge in [-0.3, -0.25) is 9.59 Å². The van der Waals surface area contributed by atoms with Gasteiger partial charge in [-0.25, -0.2) is 0 Å². The van der Waals surface area contributed by atoms with Crippen molar-refractivity contribution in [2.45, 2.75) is 78.1 Å². The summed E-state index contributed by atoms with van der Waals surface area (Å²) in [6.07, 6.45) is 1.15. The van der Waals surface area contributed by atoms with E-state index >= 15 is 0 Å². The molecule has 12 heteroatoms. The number of aliphatic carboxylic acids is 1. The molecule has 50 heavy (non-hydrogen) atoms. The number of rotatable bonds is 8. The number of phenols is 2. The molecule has 0 aliphatic carbocycles. The highest BCUT2D eigenvalue weighted by atomic mass is 35.5. The minimum absolute atomic E-state index is 0.0301. The Morgan fingerprint density at radius 1 is 0.620 bits per heavy atom. The summed E-state index contributed by atoms with van der Waals surface area (Å²) in [6, 6.07) is 22.4. The maximum atomic E-state index is 11.1. The van der Waals surface area contributed by atoms with E-state index in [0.29, 0.717) is 24.2 Å². The van der Waals surface area contributed by atoms with E-state index in [1.807, 2.05) is 108 Å². The van der Waals surface area contributed by atoms with Gasteiger partial charge in [-0.2, -0.15) is 0 Å². The third-order valence-electron chi connectivity index (χ3n) is 8.16. The average molecular weight is 697 g/mol. The van der Waals surface area contributed by atoms with Crippen LogP contribution in [-0.2, 0) is 33.3 Å². The molecule has 4 aromatic carbocycles. The number of nitrogens with zero attached hydrogens (tertiary/aromatic N) is 6. The Balaban J connectivity index is 0.000000194. The van der Waals surface area contributed by atoms with Gasteiger partial charge in [-0.15, -0.1) is 30.0 Å². The van der Waals surface area contributed by atoms with E-state index in [0.717, 1.165) is 44.3 Å². The summed E-state index contributed by atoms with van der Waals surface area (Å²) in [5, 5.41) is 48.0. The summed E-state index contributed by atoms with van der Waals surface area (Å²) < 4.78 is 0. The fourth-order valence-electron chi connectivity index (χ4n) is 5.52. The lowest BCUT2D eigenvalue weighted by Crippen LogP contribution is -2.14. The number of aromatic hydroxyl groups is 2. The van der Waals surface area contributed by atoms with Crippen LogP contribution in [0.5, 0.6) is 11.5 Å². The molecule has 0 saturated carbocycles. The predicted molar refractivity (Wildman–Crippen MR) is 194 cm³/mol. The first kappa shape index (κ1) is 36.0. The van der Waals surface area contributed by atoms with E-state index in [4.69, 9.17) is 16.7 Å².